The highest BCUT2D eigenvalue weighted by Crippen LogP contribution is 2.41. The molecule has 0 aromatic heterocycles. The van der Waals surface area contributed by atoms with E-state index in [-0.39, 0.29) is 11.3 Å². The topological polar surface area (TPSA) is 70.1 Å². The Hall–Kier alpha value is -3.90. The molecule has 3 aromatic rings. The van der Waals surface area contributed by atoms with Gasteiger partial charge in [-0.15, -0.1) is 0 Å². The molecule has 0 saturated carbocycles. The zero-order valence-electron chi connectivity index (χ0n) is 21.9. The van der Waals surface area contributed by atoms with Crippen molar-refractivity contribution in [2.24, 2.45) is 0 Å². The number of hydrogen-bond donors (Lipinski definition) is 1. The van der Waals surface area contributed by atoms with Crippen molar-refractivity contribution in [2.75, 3.05) is 26.2 Å². The van der Waals surface area contributed by atoms with Crippen LogP contribution in [-0.2, 0) is 9.59 Å². The van der Waals surface area contributed by atoms with Crippen LogP contribution in [0.3, 0.4) is 0 Å². The first kappa shape index (κ1) is 26.2. The molecular weight excluding hydrogens is 464 g/mol. The van der Waals surface area contributed by atoms with Crippen molar-refractivity contribution in [3.63, 3.8) is 0 Å². The van der Waals surface area contributed by atoms with Crippen LogP contribution in [0.25, 0.3) is 5.76 Å². The number of ketones is 1. The molecule has 0 spiro atoms. The molecule has 1 atom stereocenters. The van der Waals surface area contributed by atoms with Crippen molar-refractivity contribution in [3.8, 4) is 11.5 Å². The Morgan fingerprint density at radius 1 is 0.919 bits per heavy atom. The molecule has 4 rings (SSSR count). The lowest BCUT2D eigenvalue weighted by molar-refractivity contribution is -0.140. The third kappa shape index (κ3) is 5.59. The third-order valence-electron chi connectivity index (χ3n) is 6.89. The van der Waals surface area contributed by atoms with Crippen LogP contribution in [0.2, 0.25) is 0 Å². The van der Waals surface area contributed by atoms with Crippen molar-refractivity contribution in [2.45, 2.75) is 33.7 Å². The van der Waals surface area contributed by atoms with Gasteiger partial charge in [-0.05, 0) is 68.4 Å². The fourth-order valence-electron chi connectivity index (χ4n) is 4.75. The molecular formula is C31H34N2O4. The summed E-state index contributed by atoms with van der Waals surface area (Å²) in [6, 6.07) is 21.8. The van der Waals surface area contributed by atoms with E-state index >= 15 is 0 Å². The summed E-state index contributed by atoms with van der Waals surface area (Å²) < 4.78 is 6.04. The third-order valence-corrected chi connectivity index (χ3v) is 6.89. The molecule has 37 heavy (non-hydrogen) atoms. The summed E-state index contributed by atoms with van der Waals surface area (Å²) >= 11 is 0. The van der Waals surface area contributed by atoms with Crippen LogP contribution in [-0.4, -0.2) is 52.8 Å². The average Bonchev–Trinajstić information content (AvgIpc) is 3.16. The van der Waals surface area contributed by atoms with E-state index in [0.717, 1.165) is 24.2 Å². The van der Waals surface area contributed by atoms with Gasteiger partial charge < -0.3 is 19.6 Å². The van der Waals surface area contributed by atoms with E-state index < -0.39 is 17.7 Å². The second-order valence-corrected chi connectivity index (χ2v) is 9.33. The van der Waals surface area contributed by atoms with Crippen molar-refractivity contribution in [1.82, 2.24) is 9.80 Å². The number of para-hydroxylation sites is 1. The van der Waals surface area contributed by atoms with Crippen molar-refractivity contribution >= 4 is 17.4 Å². The largest absolute Gasteiger partial charge is 0.507 e. The molecule has 1 amide bonds. The van der Waals surface area contributed by atoms with E-state index in [1.165, 1.54) is 0 Å². The maximum absolute atomic E-state index is 13.4. The number of carbonyl (C=O) groups is 2. The van der Waals surface area contributed by atoms with Gasteiger partial charge in [0.2, 0.25) is 0 Å². The molecule has 1 unspecified atom stereocenters. The van der Waals surface area contributed by atoms with E-state index in [0.29, 0.717) is 35.7 Å². The lowest BCUT2D eigenvalue weighted by Gasteiger charge is -2.28. The standard InChI is InChI=1S/C31H34N2O4/c1-5-32(6-2)17-18-33-28(23-11-10-14-25(20-23)37-24-12-8-7-9-13-24)27(30(35)31(33)36)29(34)26-19-21(3)15-16-22(26)4/h7-16,19-20,28,34H,5-6,17-18H2,1-4H3/b29-27+. The van der Waals surface area contributed by atoms with E-state index in [1.54, 1.807) is 4.90 Å². The van der Waals surface area contributed by atoms with Gasteiger partial charge in [0.05, 0.1) is 11.6 Å². The Labute approximate surface area is 218 Å². The van der Waals surface area contributed by atoms with E-state index in [4.69, 9.17) is 4.74 Å². The number of likely N-dealkylation sites (tertiary alicyclic amines) is 1. The molecule has 1 fully saturated rings. The highest BCUT2D eigenvalue weighted by atomic mass is 16.5. The highest BCUT2D eigenvalue weighted by Gasteiger charge is 2.46. The van der Waals surface area contributed by atoms with Crippen LogP contribution in [0.4, 0.5) is 0 Å². The summed E-state index contributed by atoms with van der Waals surface area (Å²) in [6.07, 6.45) is 0. The molecule has 1 heterocycles. The number of hydrogen-bond acceptors (Lipinski definition) is 5. The van der Waals surface area contributed by atoms with E-state index in [2.05, 4.69) is 18.7 Å². The Balaban J connectivity index is 1.81. The molecule has 6 heteroatoms. The number of nitrogens with zero attached hydrogens (tertiary/aromatic N) is 2. The van der Waals surface area contributed by atoms with Crippen LogP contribution >= 0.6 is 0 Å². The molecule has 6 nitrogen and oxygen atoms in total. The van der Waals surface area contributed by atoms with Gasteiger partial charge in [0.15, 0.2) is 0 Å². The molecule has 3 aromatic carbocycles. The Kier molecular flexibility index (Phi) is 8.09. The van der Waals surface area contributed by atoms with Gasteiger partial charge in [-0.2, -0.15) is 0 Å². The average molecular weight is 499 g/mol. The summed E-state index contributed by atoms with van der Waals surface area (Å²) in [5.74, 6) is -0.143. The highest BCUT2D eigenvalue weighted by molar-refractivity contribution is 6.46. The molecule has 1 saturated heterocycles. The zero-order valence-corrected chi connectivity index (χ0v) is 21.9. The number of aryl methyl sites for hydroxylation is 2. The summed E-state index contributed by atoms with van der Waals surface area (Å²) in [5, 5.41) is 11.5. The van der Waals surface area contributed by atoms with Crippen LogP contribution in [0.5, 0.6) is 11.5 Å². The first-order valence-corrected chi connectivity index (χ1v) is 12.7. The number of Topliss-reactive ketones (excluding diaryl/α,β-unsaturated/α-hetero) is 1. The SMILES string of the molecule is CCN(CC)CCN1C(=O)C(=O)/C(=C(/O)c2cc(C)ccc2C)C1c1cccc(Oc2ccccc2)c1. The lowest BCUT2D eigenvalue weighted by atomic mass is 9.93. The van der Waals surface area contributed by atoms with Crippen molar-refractivity contribution in [3.05, 3.63) is 101 Å². The number of amides is 1. The predicted octanol–water partition coefficient (Wildman–Crippen LogP) is 5.86. The van der Waals surface area contributed by atoms with Gasteiger partial charge in [0.25, 0.3) is 11.7 Å². The van der Waals surface area contributed by atoms with E-state index in [1.807, 2.05) is 86.6 Å². The van der Waals surface area contributed by atoms with Gasteiger partial charge in [-0.1, -0.05) is 61.9 Å². The smallest absolute Gasteiger partial charge is 0.295 e. The number of aliphatic hydroxyl groups excluding tert-OH is 1. The monoisotopic (exact) mass is 498 g/mol. The summed E-state index contributed by atoms with van der Waals surface area (Å²) in [5.41, 5.74) is 3.16. The number of ether oxygens (including phenoxy) is 1. The van der Waals surface area contributed by atoms with Crippen molar-refractivity contribution < 1.29 is 19.4 Å². The zero-order chi connectivity index (χ0) is 26.5. The molecule has 0 aliphatic carbocycles. The van der Waals surface area contributed by atoms with Crippen LogP contribution < -0.4 is 4.74 Å². The van der Waals surface area contributed by atoms with E-state index in [9.17, 15) is 14.7 Å². The summed E-state index contributed by atoms with van der Waals surface area (Å²) in [7, 11) is 0. The minimum Gasteiger partial charge on any atom is -0.507 e. The quantitative estimate of drug-likeness (QED) is 0.227. The molecule has 1 aliphatic heterocycles. The number of likely N-dealkylation sites (N-methyl/N-ethyl adjacent to an activating group) is 1. The van der Waals surface area contributed by atoms with Gasteiger partial charge in [-0.3, -0.25) is 9.59 Å². The first-order valence-electron chi connectivity index (χ1n) is 12.7. The molecule has 1 N–H and O–H groups in total. The Morgan fingerprint density at radius 2 is 1.62 bits per heavy atom. The molecule has 1 aliphatic rings. The lowest BCUT2D eigenvalue weighted by Crippen LogP contribution is -2.38. The van der Waals surface area contributed by atoms with Crippen molar-refractivity contribution in [1.29, 1.82) is 0 Å². The minimum atomic E-state index is -0.727. The fraction of sp³-hybridized carbons (Fsp3) is 0.290. The number of aliphatic hydroxyl groups is 1. The maximum Gasteiger partial charge on any atom is 0.295 e. The second kappa shape index (κ2) is 11.4. The molecule has 0 radical (unpaired) electrons. The number of carbonyl (C=O) groups excluding carboxylic acids is 2. The summed E-state index contributed by atoms with van der Waals surface area (Å²) in [4.78, 5) is 30.5. The summed E-state index contributed by atoms with van der Waals surface area (Å²) in [6.45, 7) is 10.6. The van der Waals surface area contributed by atoms with Gasteiger partial charge >= 0.3 is 0 Å². The van der Waals surface area contributed by atoms with Gasteiger partial charge in [0, 0.05) is 18.7 Å². The Morgan fingerprint density at radius 3 is 2.32 bits per heavy atom. The normalized spacial score (nSPS) is 17.0. The number of benzene rings is 3. The molecule has 0 bridgehead atoms. The van der Waals surface area contributed by atoms with Gasteiger partial charge in [0.1, 0.15) is 17.3 Å². The van der Waals surface area contributed by atoms with Crippen LogP contribution in [0.1, 0.15) is 42.1 Å². The van der Waals surface area contributed by atoms with Crippen LogP contribution in [0.15, 0.2) is 78.4 Å². The van der Waals surface area contributed by atoms with Crippen LogP contribution in [0, 0.1) is 13.8 Å². The Bertz CT molecular complexity index is 1310. The predicted molar refractivity (Wildman–Crippen MR) is 146 cm³/mol. The van der Waals surface area contributed by atoms with Gasteiger partial charge in [-0.25, -0.2) is 0 Å². The maximum atomic E-state index is 13.4. The second-order valence-electron chi connectivity index (χ2n) is 9.33. The first-order chi connectivity index (χ1) is 17.8. The fourth-order valence-corrected chi connectivity index (χ4v) is 4.75. The minimum absolute atomic E-state index is 0.107. The molecule has 192 valence electrons. The number of rotatable bonds is 9.